The molecule has 0 amide bonds. The second kappa shape index (κ2) is 4.97. The maximum absolute atomic E-state index is 3.49. The Kier molecular flexibility index (Phi) is 2.99. The van der Waals surface area contributed by atoms with Gasteiger partial charge in [-0.25, -0.2) is 0 Å². The van der Waals surface area contributed by atoms with Crippen molar-refractivity contribution >= 4 is 5.69 Å². The Bertz CT molecular complexity index is 585. The number of hydrogen-bond acceptors (Lipinski definition) is 1. The minimum atomic E-state index is 1.12. The fourth-order valence-corrected chi connectivity index (χ4v) is 3.57. The Morgan fingerprint density at radius 3 is 2.25 bits per heavy atom. The molecule has 2 aliphatic rings. The van der Waals surface area contributed by atoms with Gasteiger partial charge < -0.3 is 5.32 Å². The summed E-state index contributed by atoms with van der Waals surface area (Å²) in [5, 5.41) is 3.49. The molecule has 1 aliphatic heterocycles. The van der Waals surface area contributed by atoms with E-state index in [1.165, 1.54) is 60.9 Å². The highest BCUT2D eigenvalue weighted by atomic mass is 14.9. The van der Waals surface area contributed by atoms with Crippen LogP contribution < -0.4 is 5.32 Å². The van der Waals surface area contributed by atoms with E-state index in [-0.39, 0.29) is 0 Å². The number of nitrogens with one attached hydrogen (secondary N) is 1. The van der Waals surface area contributed by atoms with Gasteiger partial charge in [0, 0.05) is 12.2 Å². The molecule has 0 unspecified atom stereocenters. The van der Waals surface area contributed by atoms with Crippen LogP contribution in [0.25, 0.3) is 11.1 Å². The van der Waals surface area contributed by atoms with Crippen molar-refractivity contribution in [2.24, 2.45) is 0 Å². The second-order valence-corrected chi connectivity index (χ2v) is 6.09. The molecule has 1 aliphatic carbocycles. The normalized spacial score (nSPS) is 17.0. The Morgan fingerprint density at radius 1 is 0.650 bits per heavy atom. The SMILES string of the molecule is c1cc2c(cc1-c1ccc3c(c1)CCCN3)CCCC2. The molecular formula is C19H21N. The highest BCUT2D eigenvalue weighted by Crippen LogP contribution is 2.31. The van der Waals surface area contributed by atoms with E-state index in [1.54, 1.807) is 11.1 Å². The molecule has 2 aromatic rings. The fourth-order valence-electron chi connectivity index (χ4n) is 3.57. The standard InChI is InChI=1S/C19H21N/c1-2-5-15-12-16(8-7-14(15)4-1)17-9-10-19-18(13-17)6-3-11-20-19/h7-10,12-13,20H,1-6,11H2. The summed E-state index contributed by atoms with van der Waals surface area (Å²) in [4.78, 5) is 0. The van der Waals surface area contributed by atoms with Crippen molar-refractivity contribution < 1.29 is 0 Å². The van der Waals surface area contributed by atoms with Crippen LogP contribution in [-0.4, -0.2) is 6.54 Å². The summed E-state index contributed by atoms with van der Waals surface area (Å²) in [6.07, 6.45) is 7.70. The van der Waals surface area contributed by atoms with E-state index in [0.29, 0.717) is 0 Å². The lowest BCUT2D eigenvalue weighted by atomic mass is 9.88. The molecule has 0 spiro atoms. The van der Waals surface area contributed by atoms with E-state index in [0.717, 1.165) is 6.54 Å². The lowest BCUT2D eigenvalue weighted by Gasteiger charge is -2.20. The molecule has 0 aromatic heterocycles. The molecule has 1 N–H and O–H groups in total. The maximum atomic E-state index is 3.49. The van der Waals surface area contributed by atoms with Gasteiger partial charge in [-0.05, 0) is 78.5 Å². The molecule has 0 atom stereocenters. The fraction of sp³-hybridized carbons (Fsp3) is 0.368. The van der Waals surface area contributed by atoms with Gasteiger partial charge in [0.15, 0.2) is 0 Å². The summed E-state index contributed by atoms with van der Waals surface area (Å²) in [5.41, 5.74) is 8.72. The molecule has 4 rings (SSSR count). The lowest BCUT2D eigenvalue weighted by Crippen LogP contribution is -2.11. The summed E-state index contributed by atoms with van der Waals surface area (Å²) in [6.45, 7) is 1.12. The quantitative estimate of drug-likeness (QED) is 0.793. The Morgan fingerprint density at radius 2 is 1.35 bits per heavy atom. The Hall–Kier alpha value is -1.76. The Labute approximate surface area is 121 Å². The van der Waals surface area contributed by atoms with Crippen LogP contribution in [0.3, 0.4) is 0 Å². The van der Waals surface area contributed by atoms with Crippen LogP contribution in [0.5, 0.6) is 0 Å². The monoisotopic (exact) mass is 263 g/mol. The van der Waals surface area contributed by atoms with E-state index in [4.69, 9.17) is 0 Å². The zero-order chi connectivity index (χ0) is 13.4. The zero-order valence-corrected chi connectivity index (χ0v) is 11.9. The summed E-state index contributed by atoms with van der Waals surface area (Å²) < 4.78 is 0. The first-order valence-corrected chi connectivity index (χ1v) is 7.89. The molecule has 0 saturated carbocycles. The van der Waals surface area contributed by atoms with Crippen molar-refractivity contribution in [3.63, 3.8) is 0 Å². The van der Waals surface area contributed by atoms with Crippen molar-refractivity contribution in [3.8, 4) is 11.1 Å². The van der Waals surface area contributed by atoms with Crippen LogP contribution in [0.4, 0.5) is 5.69 Å². The number of hydrogen-bond donors (Lipinski definition) is 1. The van der Waals surface area contributed by atoms with Crippen molar-refractivity contribution in [3.05, 3.63) is 53.1 Å². The van der Waals surface area contributed by atoms with E-state index in [9.17, 15) is 0 Å². The van der Waals surface area contributed by atoms with Crippen molar-refractivity contribution in [1.29, 1.82) is 0 Å². The van der Waals surface area contributed by atoms with Crippen molar-refractivity contribution in [1.82, 2.24) is 0 Å². The maximum Gasteiger partial charge on any atom is 0.0373 e. The van der Waals surface area contributed by atoms with Gasteiger partial charge in [-0.2, -0.15) is 0 Å². The molecule has 2 aromatic carbocycles. The molecule has 1 heterocycles. The number of anilines is 1. The molecule has 0 bridgehead atoms. The first kappa shape index (κ1) is 12.0. The molecule has 20 heavy (non-hydrogen) atoms. The van der Waals surface area contributed by atoms with Gasteiger partial charge >= 0.3 is 0 Å². The van der Waals surface area contributed by atoms with Crippen LogP contribution in [0.2, 0.25) is 0 Å². The van der Waals surface area contributed by atoms with Gasteiger partial charge in [-0.3, -0.25) is 0 Å². The lowest BCUT2D eigenvalue weighted by molar-refractivity contribution is 0.686. The third kappa shape index (κ3) is 2.11. The predicted octanol–water partition coefficient (Wildman–Crippen LogP) is 4.59. The van der Waals surface area contributed by atoms with E-state index >= 15 is 0 Å². The van der Waals surface area contributed by atoms with Crippen LogP contribution in [0.15, 0.2) is 36.4 Å². The molecule has 0 saturated heterocycles. The molecule has 0 fully saturated rings. The van der Waals surface area contributed by atoms with Gasteiger partial charge in [0.25, 0.3) is 0 Å². The number of rotatable bonds is 1. The molecular weight excluding hydrogens is 242 g/mol. The summed E-state index contributed by atoms with van der Waals surface area (Å²) >= 11 is 0. The minimum absolute atomic E-state index is 1.12. The summed E-state index contributed by atoms with van der Waals surface area (Å²) in [7, 11) is 0. The van der Waals surface area contributed by atoms with Gasteiger partial charge in [0.05, 0.1) is 0 Å². The first-order valence-electron chi connectivity index (χ1n) is 7.89. The van der Waals surface area contributed by atoms with E-state index in [1.807, 2.05) is 0 Å². The zero-order valence-electron chi connectivity index (χ0n) is 11.9. The van der Waals surface area contributed by atoms with Gasteiger partial charge in [-0.1, -0.05) is 24.3 Å². The van der Waals surface area contributed by atoms with E-state index in [2.05, 4.69) is 41.7 Å². The Balaban J connectivity index is 1.73. The minimum Gasteiger partial charge on any atom is -0.385 e. The second-order valence-electron chi connectivity index (χ2n) is 6.09. The van der Waals surface area contributed by atoms with Crippen LogP contribution in [-0.2, 0) is 19.3 Å². The van der Waals surface area contributed by atoms with Crippen molar-refractivity contribution in [2.45, 2.75) is 38.5 Å². The number of aryl methyl sites for hydroxylation is 3. The van der Waals surface area contributed by atoms with Crippen LogP contribution >= 0.6 is 0 Å². The third-order valence-corrected chi connectivity index (χ3v) is 4.73. The molecule has 1 heteroatoms. The van der Waals surface area contributed by atoms with Gasteiger partial charge in [0.1, 0.15) is 0 Å². The highest BCUT2D eigenvalue weighted by molar-refractivity contribution is 5.70. The highest BCUT2D eigenvalue weighted by Gasteiger charge is 2.12. The first-order chi connectivity index (χ1) is 9.90. The van der Waals surface area contributed by atoms with Crippen molar-refractivity contribution in [2.75, 3.05) is 11.9 Å². The average Bonchev–Trinajstić information content (AvgIpc) is 2.54. The number of benzene rings is 2. The summed E-state index contributed by atoms with van der Waals surface area (Å²) in [5.74, 6) is 0. The largest absolute Gasteiger partial charge is 0.385 e. The molecule has 1 nitrogen and oxygen atoms in total. The third-order valence-electron chi connectivity index (χ3n) is 4.73. The van der Waals surface area contributed by atoms with Gasteiger partial charge in [-0.15, -0.1) is 0 Å². The van der Waals surface area contributed by atoms with E-state index < -0.39 is 0 Å². The molecule has 0 radical (unpaired) electrons. The summed E-state index contributed by atoms with van der Waals surface area (Å²) in [6, 6.07) is 14.0. The average molecular weight is 263 g/mol. The van der Waals surface area contributed by atoms with Crippen LogP contribution in [0.1, 0.15) is 36.0 Å². The smallest absolute Gasteiger partial charge is 0.0373 e. The van der Waals surface area contributed by atoms with Crippen LogP contribution in [0, 0.1) is 0 Å². The molecule has 102 valence electrons. The number of fused-ring (bicyclic) bond motifs is 2. The van der Waals surface area contributed by atoms with Gasteiger partial charge in [0.2, 0.25) is 0 Å². The topological polar surface area (TPSA) is 12.0 Å². The predicted molar refractivity (Wildman–Crippen MR) is 85.3 cm³/mol.